The summed E-state index contributed by atoms with van der Waals surface area (Å²) >= 11 is 0. The van der Waals surface area contributed by atoms with E-state index in [1.807, 2.05) is 30.3 Å². The van der Waals surface area contributed by atoms with Crippen LogP contribution in [0.15, 0.2) is 101 Å². The Morgan fingerprint density at radius 3 is 2.23 bits per heavy atom. The number of nitrogens with one attached hydrogen (secondary N) is 1. The Morgan fingerprint density at radius 1 is 0.903 bits per heavy atom. The van der Waals surface area contributed by atoms with E-state index in [1.54, 1.807) is 30.3 Å². The molecule has 0 saturated carbocycles. The second-order valence-electron chi connectivity index (χ2n) is 6.58. The molecule has 0 bridgehead atoms. The van der Waals surface area contributed by atoms with Gasteiger partial charge in [0.15, 0.2) is 0 Å². The Morgan fingerprint density at radius 2 is 1.55 bits per heavy atom. The minimum Gasteiger partial charge on any atom is -0.455 e. The number of hydrogen-bond donors (Lipinski definition) is 1. The Balaban J connectivity index is 1.38. The third kappa shape index (κ3) is 4.99. The topological polar surface area (TPSA) is 98.5 Å². The number of carbonyl (C=O) groups is 1. The molecule has 1 aromatic heterocycles. The van der Waals surface area contributed by atoms with Crippen LogP contribution in [0.25, 0.3) is 11.5 Å². The molecule has 1 N–H and O–H groups in total. The van der Waals surface area contributed by atoms with Crippen molar-refractivity contribution in [1.29, 1.82) is 0 Å². The standard InChI is InChI=1S/C23H18N2O5S/c26-23(30-16-20-15-29-22(24-20)17-7-3-1-4-8-17)18-11-13-21(14-12-18)31(27,28)25-19-9-5-2-6-10-19/h1-15,25H,16H2. The lowest BCUT2D eigenvalue weighted by molar-refractivity contribution is 0.0467. The van der Waals surface area contributed by atoms with Gasteiger partial charge in [0, 0.05) is 11.3 Å². The Kier molecular flexibility index (Phi) is 5.81. The zero-order valence-corrected chi connectivity index (χ0v) is 17.1. The first-order valence-electron chi connectivity index (χ1n) is 9.36. The quantitative estimate of drug-likeness (QED) is 0.430. The van der Waals surface area contributed by atoms with Crippen LogP contribution in [0, 0.1) is 0 Å². The van der Waals surface area contributed by atoms with E-state index in [-0.39, 0.29) is 17.1 Å². The van der Waals surface area contributed by atoms with E-state index in [0.29, 0.717) is 17.3 Å². The van der Waals surface area contributed by atoms with Gasteiger partial charge >= 0.3 is 5.97 Å². The SMILES string of the molecule is O=C(OCc1coc(-c2ccccc2)n1)c1ccc(S(=O)(=O)Nc2ccccc2)cc1. The molecule has 0 amide bonds. The first-order valence-corrected chi connectivity index (χ1v) is 10.8. The van der Waals surface area contributed by atoms with Gasteiger partial charge in [0.05, 0.1) is 10.5 Å². The van der Waals surface area contributed by atoms with Crippen molar-refractivity contribution in [2.45, 2.75) is 11.5 Å². The molecular weight excluding hydrogens is 416 g/mol. The van der Waals surface area contributed by atoms with Crippen molar-refractivity contribution >= 4 is 21.7 Å². The van der Waals surface area contributed by atoms with Gasteiger partial charge in [0.1, 0.15) is 18.6 Å². The van der Waals surface area contributed by atoms with Crippen LogP contribution in [0.3, 0.4) is 0 Å². The second kappa shape index (κ2) is 8.85. The van der Waals surface area contributed by atoms with Gasteiger partial charge in [-0.25, -0.2) is 18.2 Å². The Labute approximate surface area is 179 Å². The molecule has 0 atom stereocenters. The first kappa shape index (κ1) is 20.4. The van der Waals surface area contributed by atoms with Crippen LogP contribution in [0.2, 0.25) is 0 Å². The first-order chi connectivity index (χ1) is 15.0. The van der Waals surface area contributed by atoms with Crippen molar-refractivity contribution in [3.05, 3.63) is 102 Å². The van der Waals surface area contributed by atoms with E-state index in [9.17, 15) is 13.2 Å². The number of ether oxygens (including phenoxy) is 1. The van der Waals surface area contributed by atoms with Crippen LogP contribution in [-0.2, 0) is 21.4 Å². The highest BCUT2D eigenvalue weighted by Crippen LogP contribution is 2.19. The number of oxazole rings is 1. The zero-order chi connectivity index (χ0) is 21.7. The predicted molar refractivity (Wildman–Crippen MR) is 115 cm³/mol. The van der Waals surface area contributed by atoms with Crippen LogP contribution in [0.4, 0.5) is 5.69 Å². The predicted octanol–water partition coefficient (Wildman–Crippen LogP) is 4.50. The molecule has 0 aliphatic heterocycles. The monoisotopic (exact) mass is 434 g/mol. The molecule has 31 heavy (non-hydrogen) atoms. The van der Waals surface area contributed by atoms with E-state index in [2.05, 4.69) is 9.71 Å². The van der Waals surface area contributed by atoms with Crippen molar-refractivity contribution in [2.24, 2.45) is 0 Å². The molecular formula is C23H18N2O5S. The number of nitrogens with zero attached hydrogens (tertiary/aromatic N) is 1. The van der Waals surface area contributed by atoms with Gasteiger partial charge < -0.3 is 9.15 Å². The molecule has 4 aromatic rings. The minimum absolute atomic E-state index is 0.0388. The molecule has 0 fully saturated rings. The lowest BCUT2D eigenvalue weighted by atomic mass is 10.2. The number of anilines is 1. The van der Waals surface area contributed by atoms with Gasteiger partial charge in [0.2, 0.25) is 5.89 Å². The summed E-state index contributed by atoms with van der Waals surface area (Å²) in [6.07, 6.45) is 1.43. The molecule has 0 radical (unpaired) electrons. The average molecular weight is 434 g/mol. The number of rotatable bonds is 7. The van der Waals surface area contributed by atoms with E-state index >= 15 is 0 Å². The number of benzene rings is 3. The fraction of sp³-hybridized carbons (Fsp3) is 0.0435. The van der Waals surface area contributed by atoms with Crippen molar-refractivity contribution < 1.29 is 22.4 Å². The highest BCUT2D eigenvalue weighted by molar-refractivity contribution is 7.92. The molecule has 156 valence electrons. The molecule has 1 heterocycles. The highest BCUT2D eigenvalue weighted by Gasteiger charge is 2.16. The lowest BCUT2D eigenvalue weighted by Crippen LogP contribution is -2.13. The van der Waals surface area contributed by atoms with Crippen molar-refractivity contribution in [1.82, 2.24) is 4.98 Å². The second-order valence-corrected chi connectivity index (χ2v) is 8.26. The van der Waals surface area contributed by atoms with Gasteiger partial charge in [-0.1, -0.05) is 36.4 Å². The molecule has 8 heteroatoms. The van der Waals surface area contributed by atoms with Gasteiger partial charge in [-0.2, -0.15) is 0 Å². The number of hydrogen-bond acceptors (Lipinski definition) is 6. The van der Waals surface area contributed by atoms with Crippen molar-refractivity contribution in [2.75, 3.05) is 4.72 Å². The minimum atomic E-state index is -3.76. The molecule has 0 aliphatic carbocycles. The summed E-state index contributed by atoms with van der Waals surface area (Å²) in [6.45, 7) is -0.0647. The lowest BCUT2D eigenvalue weighted by Gasteiger charge is -2.08. The normalized spacial score (nSPS) is 11.1. The summed E-state index contributed by atoms with van der Waals surface area (Å²) in [5.74, 6) is -0.156. The summed E-state index contributed by atoms with van der Waals surface area (Å²) in [5, 5.41) is 0. The van der Waals surface area contributed by atoms with Crippen molar-refractivity contribution in [3.63, 3.8) is 0 Å². The van der Waals surface area contributed by atoms with Crippen LogP contribution < -0.4 is 4.72 Å². The number of sulfonamides is 1. The number of esters is 1. The maximum atomic E-state index is 12.5. The molecule has 0 saturated heterocycles. The molecule has 7 nitrogen and oxygen atoms in total. The zero-order valence-electron chi connectivity index (χ0n) is 16.3. The van der Waals surface area contributed by atoms with Gasteiger partial charge in [-0.05, 0) is 48.5 Å². The summed E-state index contributed by atoms with van der Waals surface area (Å²) in [7, 11) is -3.76. The van der Waals surface area contributed by atoms with Crippen LogP contribution in [0.5, 0.6) is 0 Å². The highest BCUT2D eigenvalue weighted by atomic mass is 32.2. The van der Waals surface area contributed by atoms with E-state index in [0.717, 1.165) is 5.56 Å². The average Bonchev–Trinajstić information content (AvgIpc) is 3.28. The summed E-state index contributed by atoms with van der Waals surface area (Å²) in [4.78, 5) is 16.6. The third-order valence-electron chi connectivity index (χ3n) is 4.35. The maximum Gasteiger partial charge on any atom is 0.338 e. The van der Waals surface area contributed by atoms with Gasteiger partial charge in [-0.3, -0.25) is 4.72 Å². The third-order valence-corrected chi connectivity index (χ3v) is 5.75. The maximum absolute atomic E-state index is 12.5. The molecule has 0 spiro atoms. The molecule has 4 rings (SSSR count). The number of aromatic nitrogens is 1. The number of carbonyl (C=O) groups excluding carboxylic acids is 1. The van der Waals surface area contributed by atoms with Gasteiger partial charge in [0.25, 0.3) is 10.0 Å². The van der Waals surface area contributed by atoms with Crippen LogP contribution >= 0.6 is 0 Å². The summed E-state index contributed by atoms with van der Waals surface area (Å²) in [5.41, 5.74) is 1.97. The summed E-state index contributed by atoms with van der Waals surface area (Å²) in [6, 6.07) is 23.4. The fourth-order valence-electron chi connectivity index (χ4n) is 2.80. The van der Waals surface area contributed by atoms with E-state index in [4.69, 9.17) is 9.15 Å². The van der Waals surface area contributed by atoms with Crippen LogP contribution in [-0.4, -0.2) is 19.4 Å². The molecule has 3 aromatic carbocycles. The summed E-state index contributed by atoms with van der Waals surface area (Å²) < 4.78 is 38.1. The number of para-hydroxylation sites is 1. The fourth-order valence-corrected chi connectivity index (χ4v) is 3.86. The molecule has 0 aliphatic rings. The smallest absolute Gasteiger partial charge is 0.338 e. The Bertz CT molecular complexity index is 1270. The van der Waals surface area contributed by atoms with E-state index in [1.165, 1.54) is 30.5 Å². The largest absolute Gasteiger partial charge is 0.455 e. The van der Waals surface area contributed by atoms with Crippen molar-refractivity contribution in [3.8, 4) is 11.5 Å². The Hall–Kier alpha value is -3.91. The van der Waals surface area contributed by atoms with Gasteiger partial charge in [-0.15, -0.1) is 0 Å². The van der Waals surface area contributed by atoms with E-state index < -0.39 is 16.0 Å². The molecule has 0 unspecified atom stereocenters. The van der Waals surface area contributed by atoms with Crippen LogP contribution in [0.1, 0.15) is 16.1 Å².